The third-order valence-corrected chi connectivity index (χ3v) is 3.01. The summed E-state index contributed by atoms with van der Waals surface area (Å²) in [5.74, 6) is -0.236. The summed E-state index contributed by atoms with van der Waals surface area (Å²) >= 11 is 0. The van der Waals surface area contributed by atoms with Gasteiger partial charge in [0.25, 0.3) is 0 Å². The minimum atomic E-state index is -0.840. The third-order valence-electron chi connectivity index (χ3n) is 3.01. The van der Waals surface area contributed by atoms with E-state index in [9.17, 15) is 9.50 Å². The van der Waals surface area contributed by atoms with Crippen LogP contribution >= 0.6 is 0 Å². The molecule has 0 bridgehead atoms. The van der Waals surface area contributed by atoms with Crippen molar-refractivity contribution in [3.63, 3.8) is 0 Å². The van der Waals surface area contributed by atoms with Gasteiger partial charge in [0.15, 0.2) is 11.6 Å². The molecule has 15 heavy (non-hydrogen) atoms. The van der Waals surface area contributed by atoms with Crippen LogP contribution < -0.4 is 0 Å². The number of aliphatic hydroxyl groups is 1. The molecule has 0 fully saturated rings. The summed E-state index contributed by atoms with van der Waals surface area (Å²) in [6, 6.07) is 0. The molecule has 0 saturated heterocycles. The van der Waals surface area contributed by atoms with E-state index in [0.29, 0.717) is 0 Å². The summed E-state index contributed by atoms with van der Waals surface area (Å²) in [6.45, 7) is 0. The Bertz CT molecular complexity index is 468. The second-order valence-corrected chi connectivity index (χ2v) is 3.76. The Morgan fingerprint density at radius 1 is 1.33 bits per heavy atom. The highest BCUT2D eigenvalue weighted by atomic mass is 19.1. The molecule has 76 valence electrons. The Kier molecular flexibility index (Phi) is 1.56. The monoisotopic (exact) mass is 204 g/mol. The van der Waals surface area contributed by atoms with E-state index in [0.717, 1.165) is 5.57 Å². The Morgan fingerprint density at radius 3 is 3.07 bits per heavy atom. The van der Waals surface area contributed by atoms with Crippen LogP contribution in [0, 0.1) is 5.41 Å². The lowest BCUT2D eigenvalue weighted by Crippen LogP contribution is -2.36. The minimum absolute atomic E-state index is 0.188. The van der Waals surface area contributed by atoms with E-state index in [4.69, 9.17) is 4.74 Å². The molecule has 0 aromatic rings. The van der Waals surface area contributed by atoms with Crippen LogP contribution in [0.1, 0.15) is 0 Å². The number of ether oxygens (including phenoxy) is 1. The van der Waals surface area contributed by atoms with Crippen LogP contribution in [0.25, 0.3) is 0 Å². The highest BCUT2D eigenvalue weighted by Gasteiger charge is 2.50. The summed E-state index contributed by atoms with van der Waals surface area (Å²) in [7, 11) is 0. The predicted molar refractivity (Wildman–Crippen MR) is 53.2 cm³/mol. The molecule has 3 rings (SSSR count). The van der Waals surface area contributed by atoms with Gasteiger partial charge in [0.2, 0.25) is 0 Å². The number of hydrogen-bond donors (Lipinski definition) is 1. The first-order valence-electron chi connectivity index (χ1n) is 4.75. The first kappa shape index (κ1) is 8.68. The van der Waals surface area contributed by atoms with Crippen LogP contribution in [-0.2, 0) is 4.74 Å². The molecule has 0 aromatic carbocycles. The molecule has 0 saturated carbocycles. The molecule has 1 aliphatic heterocycles. The molecule has 2 aliphatic carbocycles. The number of hydrogen-bond acceptors (Lipinski definition) is 2. The molecule has 2 nitrogen and oxygen atoms in total. The van der Waals surface area contributed by atoms with Gasteiger partial charge >= 0.3 is 0 Å². The van der Waals surface area contributed by atoms with Crippen LogP contribution in [0.15, 0.2) is 59.9 Å². The zero-order chi connectivity index (χ0) is 10.5. The summed E-state index contributed by atoms with van der Waals surface area (Å²) in [5.41, 5.74) is -0.0554. The van der Waals surface area contributed by atoms with Gasteiger partial charge in [-0.05, 0) is 6.08 Å². The second kappa shape index (κ2) is 2.70. The van der Waals surface area contributed by atoms with Crippen molar-refractivity contribution in [1.82, 2.24) is 0 Å². The Labute approximate surface area is 86.4 Å². The smallest absolute Gasteiger partial charge is 0.162 e. The maximum Gasteiger partial charge on any atom is 0.162 e. The summed E-state index contributed by atoms with van der Waals surface area (Å²) < 4.78 is 18.7. The summed E-state index contributed by atoms with van der Waals surface area (Å²) in [4.78, 5) is 0. The van der Waals surface area contributed by atoms with Gasteiger partial charge < -0.3 is 9.84 Å². The fourth-order valence-electron chi connectivity index (χ4n) is 2.22. The maximum atomic E-state index is 13.5. The molecule has 3 heteroatoms. The van der Waals surface area contributed by atoms with Crippen molar-refractivity contribution in [2.24, 2.45) is 5.41 Å². The van der Waals surface area contributed by atoms with Crippen molar-refractivity contribution in [2.75, 3.05) is 0 Å². The Hall–Kier alpha value is -1.61. The van der Waals surface area contributed by atoms with Gasteiger partial charge in [0.1, 0.15) is 5.41 Å². The summed E-state index contributed by atoms with van der Waals surface area (Å²) in [5, 5.41) is 9.99. The SMILES string of the molecule is OC1C=CC(F)=C2OC=C3C=CC=CC321. The van der Waals surface area contributed by atoms with Gasteiger partial charge in [0.05, 0.1) is 12.4 Å². The van der Waals surface area contributed by atoms with Crippen molar-refractivity contribution in [3.05, 3.63) is 59.9 Å². The second-order valence-electron chi connectivity index (χ2n) is 3.76. The number of allylic oxidation sites excluding steroid dienone is 5. The van der Waals surface area contributed by atoms with E-state index >= 15 is 0 Å². The molecule has 2 atom stereocenters. The first-order chi connectivity index (χ1) is 7.25. The zero-order valence-corrected chi connectivity index (χ0v) is 7.85. The standard InChI is InChI=1S/C12H9FO2/c13-9-4-5-10(14)12-6-2-1-3-8(12)7-15-11(9)12/h1-7,10,14H. The van der Waals surface area contributed by atoms with E-state index in [2.05, 4.69) is 0 Å². The Balaban J connectivity index is 2.25. The van der Waals surface area contributed by atoms with Crippen LogP contribution in [-0.4, -0.2) is 11.2 Å². The van der Waals surface area contributed by atoms with Gasteiger partial charge in [-0.15, -0.1) is 0 Å². The number of rotatable bonds is 0. The fourth-order valence-corrected chi connectivity index (χ4v) is 2.22. The lowest BCUT2D eigenvalue weighted by Gasteiger charge is -2.34. The summed E-state index contributed by atoms with van der Waals surface area (Å²) in [6.07, 6.45) is 10.6. The van der Waals surface area contributed by atoms with E-state index < -0.39 is 17.3 Å². The average molecular weight is 204 g/mol. The van der Waals surface area contributed by atoms with Crippen molar-refractivity contribution in [3.8, 4) is 0 Å². The molecular weight excluding hydrogens is 195 g/mol. The van der Waals surface area contributed by atoms with E-state index in [1.165, 1.54) is 18.4 Å². The quantitative estimate of drug-likeness (QED) is 0.655. The van der Waals surface area contributed by atoms with E-state index in [1.807, 2.05) is 12.2 Å². The van der Waals surface area contributed by atoms with Gasteiger partial charge in [-0.3, -0.25) is 0 Å². The molecule has 0 radical (unpaired) electrons. The Morgan fingerprint density at radius 2 is 2.20 bits per heavy atom. The normalized spacial score (nSPS) is 36.1. The molecule has 2 unspecified atom stereocenters. The molecule has 1 spiro atoms. The largest absolute Gasteiger partial charge is 0.465 e. The van der Waals surface area contributed by atoms with Crippen LogP contribution in [0.4, 0.5) is 4.39 Å². The highest BCUT2D eigenvalue weighted by Crippen LogP contribution is 2.51. The molecule has 0 amide bonds. The van der Waals surface area contributed by atoms with Crippen molar-refractivity contribution in [2.45, 2.75) is 6.10 Å². The highest BCUT2D eigenvalue weighted by molar-refractivity contribution is 5.53. The van der Waals surface area contributed by atoms with Crippen LogP contribution in [0.5, 0.6) is 0 Å². The van der Waals surface area contributed by atoms with Gasteiger partial charge in [0, 0.05) is 5.57 Å². The predicted octanol–water partition coefficient (Wildman–Crippen LogP) is 2.12. The lowest BCUT2D eigenvalue weighted by atomic mass is 9.70. The van der Waals surface area contributed by atoms with Gasteiger partial charge in [-0.25, -0.2) is 4.39 Å². The van der Waals surface area contributed by atoms with Crippen LogP contribution in [0.2, 0.25) is 0 Å². The molecule has 1 heterocycles. The molecule has 0 aromatic heterocycles. The van der Waals surface area contributed by atoms with Crippen molar-refractivity contribution >= 4 is 0 Å². The third kappa shape index (κ3) is 0.908. The average Bonchev–Trinajstić information content (AvgIpc) is 2.65. The molecular formula is C12H9FO2. The van der Waals surface area contributed by atoms with Gasteiger partial charge in [-0.1, -0.05) is 30.4 Å². The number of aliphatic hydroxyl groups excluding tert-OH is 1. The molecule has 1 N–H and O–H groups in total. The zero-order valence-electron chi connectivity index (χ0n) is 7.85. The van der Waals surface area contributed by atoms with Crippen LogP contribution in [0.3, 0.4) is 0 Å². The van der Waals surface area contributed by atoms with Crippen molar-refractivity contribution in [1.29, 1.82) is 0 Å². The van der Waals surface area contributed by atoms with Crippen molar-refractivity contribution < 1.29 is 14.2 Å². The number of halogens is 1. The topological polar surface area (TPSA) is 29.5 Å². The van der Waals surface area contributed by atoms with E-state index in [1.54, 1.807) is 12.2 Å². The van der Waals surface area contributed by atoms with E-state index in [-0.39, 0.29) is 5.76 Å². The molecule has 3 aliphatic rings. The maximum absolute atomic E-state index is 13.5. The van der Waals surface area contributed by atoms with Gasteiger partial charge in [-0.2, -0.15) is 0 Å². The fraction of sp³-hybridized carbons (Fsp3) is 0.167. The lowest BCUT2D eigenvalue weighted by molar-refractivity contribution is 0.121. The first-order valence-corrected chi connectivity index (χ1v) is 4.75. The minimum Gasteiger partial charge on any atom is -0.465 e.